The van der Waals surface area contributed by atoms with Crippen molar-refractivity contribution in [3.05, 3.63) is 28.3 Å². The first-order chi connectivity index (χ1) is 12.3. The van der Waals surface area contributed by atoms with Crippen molar-refractivity contribution in [2.45, 2.75) is 49.6 Å². The van der Waals surface area contributed by atoms with Crippen molar-refractivity contribution >= 4 is 21.4 Å². The molecule has 0 aliphatic carbocycles. The first kappa shape index (κ1) is 19.1. The van der Waals surface area contributed by atoms with Crippen LogP contribution in [0.3, 0.4) is 0 Å². The molecule has 8 nitrogen and oxygen atoms in total. The summed E-state index contributed by atoms with van der Waals surface area (Å²) in [4.78, 5) is 15.5. The quantitative estimate of drug-likeness (QED) is 0.618. The highest BCUT2D eigenvalue weighted by Crippen LogP contribution is 2.34. The Balaban J connectivity index is 1.78. The van der Waals surface area contributed by atoms with Gasteiger partial charge in [0, 0.05) is 31.2 Å². The van der Waals surface area contributed by atoms with Gasteiger partial charge in [-0.15, -0.1) is 0 Å². The van der Waals surface area contributed by atoms with Crippen molar-refractivity contribution in [3.63, 3.8) is 0 Å². The van der Waals surface area contributed by atoms with Gasteiger partial charge in [0.05, 0.1) is 9.82 Å². The Morgan fingerprint density at radius 3 is 2.42 bits per heavy atom. The highest BCUT2D eigenvalue weighted by atomic mass is 32.2. The highest BCUT2D eigenvalue weighted by molar-refractivity contribution is 7.89. The van der Waals surface area contributed by atoms with Crippen LogP contribution in [0.5, 0.6) is 0 Å². The molecule has 3 rings (SSSR count). The van der Waals surface area contributed by atoms with Crippen LogP contribution >= 0.6 is 0 Å². The lowest BCUT2D eigenvalue weighted by Crippen LogP contribution is -2.46. The van der Waals surface area contributed by atoms with Crippen LogP contribution in [0.2, 0.25) is 0 Å². The van der Waals surface area contributed by atoms with Crippen LogP contribution in [0.15, 0.2) is 23.1 Å². The Labute approximate surface area is 154 Å². The molecule has 0 saturated carbocycles. The maximum atomic E-state index is 11.9. The molecule has 2 fully saturated rings. The first-order valence-corrected chi connectivity index (χ1v) is 10.5. The normalized spacial score (nSPS) is 22.7. The molecule has 0 amide bonds. The summed E-state index contributed by atoms with van der Waals surface area (Å²) in [5.74, 6) is 0. The van der Waals surface area contributed by atoms with Crippen LogP contribution in [-0.2, 0) is 10.0 Å². The summed E-state index contributed by atoms with van der Waals surface area (Å²) in [6.07, 6.45) is 4.43. The fraction of sp³-hybridized carbons (Fsp3) is 0.647. The third kappa shape index (κ3) is 3.70. The van der Waals surface area contributed by atoms with Gasteiger partial charge in [-0.25, -0.2) is 13.1 Å². The maximum absolute atomic E-state index is 11.9. The van der Waals surface area contributed by atoms with E-state index >= 15 is 0 Å². The van der Waals surface area contributed by atoms with Crippen molar-refractivity contribution in [1.82, 2.24) is 9.62 Å². The van der Waals surface area contributed by atoms with Crippen LogP contribution in [0, 0.1) is 10.1 Å². The lowest BCUT2D eigenvalue weighted by atomic mass is 10.0. The Hall–Kier alpha value is -1.71. The molecule has 9 heteroatoms. The molecule has 26 heavy (non-hydrogen) atoms. The van der Waals surface area contributed by atoms with Gasteiger partial charge in [-0.05, 0) is 58.3 Å². The van der Waals surface area contributed by atoms with E-state index in [0.717, 1.165) is 38.5 Å². The number of nitro benzene ring substituents is 1. The Bertz CT molecular complexity index is 775. The molecule has 0 spiro atoms. The van der Waals surface area contributed by atoms with E-state index in [-0.39, 0.29) is 10.6 Å². The SMILES string of the molecule is CNS(=O)(=O)c1ccc(N2CCC(N3CCCC3C)CC2)c([N+](=O)[O-])c1. The molecule has 2 saturated heterocycles. The van der Waals surface area contributed by atoms with E-state index in [9.17, 15) is 18.5 Å². The number of sulfonamides is 1. The fourth-order valence-corrected chi connectivity index (χ4v) is 4.89. The van der Waals surface area contributed by atoms with Gasteiger partial charge in [-0.3, -0.25) is 15.0 Å². The number of hydrogen-bond acceptors (Lipinski definition) is 6. The van der Waals surface area contributed by atoms with Crippen molar-refractivity contribution < 1.29 is 13.3 Å². The van der Waals surface area contributed by atoms with E-state index in [1.54, 1.807) is 6.07 Å². The summed E-state index contributed by atoms with van der Waals surface area (Å²) in [6.45, 7) is 4.90. The molecule has 2 aliphatic heterocycles. The molecular weight excluding hydrogens is 356 g/mol. The highest BCUT2D eigenvalue weighted by Gasteiger charge is 2.32. The van der Waals surface area contributed by atoms with Crippen LogP contribution in [-0.4, -0.2) is 57.0 Å². The zero-order valence-corrected chi connectivity index (χ0v) is 16.0. The van der Waals surface area contributed by atoms with Gasteiger partial charge in [0.1, 0.15) is 5.69 Å². The number of anilines is 1. The number of nitrogens with one attached hydrogen (secondary N) is 1. The smallest absolute Gasteiger partial charge is 0.293 e. The van der Waals surface area contributed by atoms with Gasteiger partial charge < -0.3 is 4.90 Å². The average Bonchev–Trinajstić information content (AvgIpc) is 3.07. The van der Waals surface area contributed by atoms with Crippen LogP contribution in [0.1, 0.15) is 32.6 Å². The number of rotatable bonds is 5. The summed E-state index contributed by atoms with van der Waals surface area (Å²) >= 11 is 0. The van der Waals surface area contributed by atoms with E-state index < -0.39 is 14.9 Å². The van der Waals surface area contributed by atoms with Crippen molar-refractivity contribution in [2.24, 2.45) is 0 Å². The summed E-state index contributed by atoms with van der Waals surface area (Å²) in [5.41, 5.74) is 0.340. The minimum absolute atomic E-state index is 0.0868. The number of likely N-dealkylation sites (tertiary alicyclic amines) is 1. The van der Waals surface area contributed by atoms with Gasteiger partial charge >= 0.3 is 0 Å². The Kier molecular flexibility index (Phi) is 5.50. The molecule has 0 bridgehead atoms. The molecule has 2 aliphatic rings. The summed E-state index contributed by atoms with van der Waals surface area (Å²) in [5, 5.41) is 11.5. The molecule has 0 radical (unpaired) electrons. The summed E-state index contributed by atoms with van der Waals surface area (Å²) < 4.78 is 26.1. The molecule has 1 aromatic rings. The zero-order chi connectivity index (χ0) is 18.9. The molecule has 144 valence electrons. The number of hydrogen-bond donors (Lipinski definition) is 1. The van der Waals surface area contributed by atoms with Gasteiger partial charge in [-0.2, -0.15) is 0 Å². The molecule has 1 aromatic carbocycles. The lowest BCUT2D eigenvalue weighted by Gasteiger charge is -2.39. The van der Waals surface area contributed by atoms with E-state index in [0.29, 0.717) is 17.8 Å². The van der Waals surface area contributed by atoms with Gasteiger partial charge in [-0.1, -0.05) is 0 Å². The number of nitrogens with zero attached hydrogens (tertiary/aromatic N) is 3. The van der Waals surface area contributed by atoms with Crippen LogP contribution in [0.4, 0.5) is 11.4 Å². The lowest BCUT2D eigenvalue weighted by molar-refractivity contribution is -0.384. The van der Waals surface area contributed by atoms with E-state index in [2.05, 4.69) is 16.5 Å². The minimum atomic E-state index is -3.71. The fourth-order valence-electron chi connectivity index (χ4n) is 4.14. The van der Waals surface area contributed by atoms with E-state index in [1.165, 1.54) is 26.0 Å². The van der Waals surface area contributed by atoms with Crippen LogP contribution in [0.25, 0.3) is 0 Å². The predicted octanol–water partition coefficient (Wildman–Crippen LogP) is 1.96. The van der Waals surface area contributed by atoms with Gasteiger partial charge in [0.2, 0.25) is 10.0 Å². The van der Waals surface area contributed by atoms with Gasteiger partial charge in [0.15, 0.2) is 0 Å². The molecule has 1 N–H and O–H groups in total. The topological polar surface area (TPSA) is 95.8 Å². The molecule has 1 unspecified atom stereocenters. The van der Waals surface area contributed by atoms with E-state index in [4.69, 9.17) is 0 Å². The van der Waals surface area contributed by atoms with Crippen LogP contribution < -0.4 is 9.62 Å². The number of benzene rings is 1. The Morgan fingerprint density at radius 1 is 1.19 bits per heavy atom. The maximum Gasteiger partial charge on any atom is 0.293 e. The van der Waals surface area contributed by atoms with Crippen molar-refractivity contribution in [3.8, 4) is 0 Å². The van der Waals surface area contributed by atoms with Crippen molar-refractivity contribution in [2.75, 3.05) is 31.6 Å². The predicted molar refractivity (Wildman–Crippen MR) is 100.0 cm³/mol. The number of piperidine rings is 1. The minimum Gasteiger partial charge on any atom is -0.366 e. The zero-order valence-electron chi connectivity index (χ0n) is 15.2. The van der Waals surface area contributed by atoms with E-state index in [1.807, 2.05) is 4.90 Å². The van der Waals surface area contributed by atoms with Gasteiger partial charge in [0.25, 0.3) is 5.69 Å². The average molecular weight is 382 g/mol. The largest absolute Gasteiger partial charge is 0.366 e. The summed E-state index contributed by atoms with van der Waals surface area (Å²) in [7, 11) is -2.42. The summed E-state index contributed by atoms with van der Waals surface area (Å²) in [6, 6.07) is 5.29. The molecular formula is C17H26N4O4S. The molecule has 0 aromatic heterocycles. The standard InChI is InChI=1S/C17H26N4O4S/c1-13-4-3-9-20(13)14-7-10-19(11-8-14)16-6-5-15(26(24,25)18-2)12-17(16)21(22)23/h5-6,12-14,18H,3-4,7-11H2,1-2H3. The molecule has 1 atom stereocenters. The monoisotopic (exact) mass is 382 g/mol. The second-order valence-electron chi connectivity index (χ2n) is 7.06. The molecule has 2 heterocycles. The second kappa shape index (κ2) is 7.50. The number of nitro groups is 1. The van der Waals surface area contributed by atoms with Crippen molar-refractivity contribution in [1.29, 1.82) is 0 Å². The third-order valence-corrected chi connectivity index (χ3v) is 7.01. The first-order valence-electron chi connectivity index (χ1n) is 9.06. The Morgan fingerprint density at radius 2 is 1.88 bits per heavy atom. The third-order valence-electron chi connectivity index (χ3n) is 5.60. The second-order valence-corrected chi connectivity index (χ2v) is 8.95.